The number of halogens is 2. The lowest BCUT2D eigenvalue weighted by Crippen LogP contribution is -2.47. The van der Waals surface area contributed by atoms with Crippen LogP contribution in [0.25, 0.3) is 0 Å². The molecule has 13 heavy (non-hydrogen) atoms. The molecule has 1 aliphatic heterocycles. The Bertz CT molecular complexity index is 187. The van der Waals surface area contributed by atoms with Crippen LogP contribution >= 0.6 is 23.2 Å². The summed E-state index contributed by atoms with van der Waals surface area (Å²) < 4.78 is 5.22. The van der Waals surface area contributed by atoms with Crippen LogP contribution < -0.4 is 0 Å². The molecule has 1 saturated heterocycles. The van der Waals surface area contributed by atoms with Gasteiger partial charge in [0.25, 0.3) is 0 Å². The van der Waals surface area contributed by atoms with Crippen molar-refractivity contribution in [1.29, 1.82) is 0 Å². The highest BCUT2D eigenvalue weighted by atomic mass is 35.5. The van der Waals surface area contributed by atoms with Crippen molar-refractivity contribution in [2.24, 2.45) is 0 Å². The second-order valence-electron chi connectivity index (χ2n) is 2.94. The quantitative estimate of drug-likeness (QED) is 0.779. The summed E-state index contributed by atoms with van der Waals surface area (Å²) in [7, 11) is 0. The maximum Gasteiger partial charge on any atom is 0.0645 e. The highest BCUT2D eigenvalue weighted by molar-refractivity contribution is 6.36. The van der Waals surface area contributed by atoms with Crippen molar-refractivity contribution in [1.82, 2.24) is 4.90 Å². The van der Waals surface area contributed by atoms with E-state index >= 15 is 0 Å². The normalized spacial score (nSPS) is 26.4. The first kappa shape index (κ1) is 11.3. The molecule has 1 fully saturated rings. The molecule has 0 aliphatic carbocycles. The lowest BCUT2D eigenvalue weighted by Gasteiger charge is -2.33. The van der Waals surface area contributed by atoms with Gasteiger partial charge in [-0.2, -0.15) is 0 Å². The van der Waals surface area contributed by atoms with Crippen molar-refractivity contribution >= 4 is 23.2 Å². The summed E-state index contributed by atoms with van der Waals surface area (Å²) in [5, 5.41) is 9.62. The Balaban J connectivity index is 2.45. The van der Waals surface area contributed by atoms with E-state index in [0.29, 0.717) is 24.8 Å². The molecule has 0 aromatic carbocycles. The first-order chi connectivity index (χ1) is 6.27. The van der Waals surface area contributed by atoms with Gasteiger partial charge < -0.3 is 9.84 Å². The van der Waals surface area contributed by atoms with Crippen molar-refractivity contribution in [3.63, 3.8) is 0 Å². The van der Waals surface area contributed by atoms with Crippen LogP contribution in [0.2, 0.25) is 0 Å². The zero-order valence-corrected chi connectivity index (χ0v) is 8.76. The fourth-order valence-electron chi connectivity index (χ4n) is 1.29. The molecular formula is C8H13Cl2NO2. The standard InChI is InChI=1S/C8H13Cl2NO2/c9-3-7(10)4-11-1-2-13-6-8(11)5-12/h3,8,12H,1-2,4-6H2/b7-3-. The van der Waals surface area contributed by atoms with Crippen molar-refractivity contribution in [2.75, 3.05) is 32.9 Å². The average molecular weight is 226 g/mol. The molecule has 1 rings (SSSR count). The third-order valence-electron chi connectivity index (χ3n) is 2.03. The summed E-state index contributed by atoms with van der Waals surface area (Å²) in [6, 6.07) is 0.0408. The Morgan fingerprint density at radius 3 is 3.08 bits per heavy atom. The highest BCUT2D eigenvalue weighted by Gasteiger charge is 2.22. The van der Waals surface area contributed by atoms with Crippen LogP contribution in [0.15, 0.2) is 10.6 Å². The van der Waals surface area contributed by atoms with Crippen LogP contribution in [0.5, 0.6) is 0 Å². The molecule has 0 aromatic rings. The van der Waals surface area contributed by atoms with Gasteiger partial charge in [-0.15, -0.1) is 0 Å². The second-order valence-corrected chi connectivity index (χ2v) is 3.64. The van der Waals surface area contributed by atoms with E-state index in [1.807, 2.05) is 0 Å². The van der Waals surface area contributed by atoms with Crippen LogP contribution in [0, 0.1) is 0 Å². The molecule has 0 radical (unpaired) electrons. The largest absolute Gasteiger partial charge is 0.395 e. The SMILES string of the molecule is OCC1COCCN1C/C(Cl)=C/Cl. The molecular weight excluding hydrogens is 213 g/mol. The molecule has 3 nitrogen and oxygen atoms in total. The summed E-state index contributed by atoms with van der Waals surface area (Å²) in [5.74, 6) is 0. The van der Waals surface area contributed by atoms with Crippen LogP contribution in [0.4, 0.5) is 0 Å². The molecule has 0 amide bonds. The van der Waals surface area contributed by atoms with Crippen molar-refractivity contribution < 1.29 is 9.84 Å². The molecule has 76 valence electrons. The molecule has 1 aliphatic rings. The van der Waals surface area contributed by atoms with Gasteiger partial charge in [0, 0.05) is 23.7 Å². The fourth-order valence-corrected chi connectivity index (χ4v) is 1.52. The third-order valence-corrected chi connectivity index (χ3v) is 2.64. The number of nitrogens with zero attached hydrogens (tertiary/aromatic N) is 1. The Morgan fingerprint density at radius 1 is 1.69 bits per heavy atom. The number of aliphatic hydroxyl groups excluding tert-OH is 1. The number of ether oxygens (including phenoxy) is 1. The van der Waals surface area contributed by atoms with Gasteiger partial charge in [-0.1, -0.05) is 23.2 Å². The van der Waals surface area contributed by atoms with E-state index in [0.717, 1.165) is 6.54 Å². The molecule has 1 unspecified atom stereocenters. The summed E-state index contributed by atoms with van der Waals surface area (Å²) in [5.41, 5.74) is 1.35. The van der Waals surface area contributed by atoms with E-state index in [1.54, 1.807) is 0 Å². The van der Waals surface area contributed by atoms with Gasteiger partial charge in [0.15, 0.2) is 0 Å². The predicted octanol–water partition coefficient (Wildman–Crippen LogP) is 0.998. The molecule has 1 heterocycles. The van der Waals surface area contributed by atoms with Crippen molar-refractivity contribution in [2.45, 2.75) is 6.04 Å². The summed E-state index contributed by atoms with van der Waals surface area (Å²) in [6.07, 6.45) is 0. The Kier molecular flexibility index (Phi) is 5.06. The molecule has 0 aromatic heterocycles. The van der Waals surface area contributed by atoms with E-state index < -0.39 is 0 Å². The van der Waals surface area contributed by atoms with Gasteiger partial charge in [-0.25, -0.2) is 0 Å². The monoisotopic (exact) mass is 225 g/mol. The first-order valence-corrected chi connectivity index (χ1v) is 4.96. The van der Waals surface area contributed by atoms with Gasteiger partial charge in [0.05, 0.1) is 25.9 Å². The summed E-state index contributed by atoms with van der Waals surface area (Å²) in [4.78, 5) is 2.06. The topological polar surface area (TPSA) is 32.7 Å². The third kappa shape index (κ3) is 3.44. The number of rotatable bonds is 3. The molecule has 0 bridgehead atoms. The molecule has 1 atom stereocenters. The van der Waals surface area contributed by atoms with E-state index in [9.17, 15) is 0 Å². The average Bonchev–Trinajstić information content (AvgIpc) is 2.18. The maximum atomic E-state index is 9.03. The van der Waals surface area contributed by atoms with Crippen LogP contribution in [0.3, 0.4) is 0 Å². The highest BCUT2D eigenvalue weighted by Crippen LogP contribution is 2.12. The van der Waals surface area contributed by atoms with E-state index in [-0.39, 0.29) is 12.6 Å². The first-order valence-electron chi connectivity index (χ1n) is 4.15. The van der Waals surface area contributed by atoms with E-state index in [2.05, 4.69) is 4.90 Å². The number of hydrogen-bond donors (Lipinski definition) is 1. The Labute approximate surface area is 87.9 Å². The Morgan fingerprint density at radius 2 is 2.46 bits per heavy atom. The predicted molar refractivity (Wildman–Crippen MR) is 53.1 cm³/mol. The number of aliphatic hydroxyl groups is 1. The summed E-state index contributed by atoms with van der Waals surface area (Å²) >= 11 is 11.2. The van der Waals surface area contributed by atoms with Crippen LogP contribution in [-0.2, 0) is 4.74 Å². The molecule has 0 spiro atoms. The lowest BCUT2D eigenvalue weighted by molar-refractivity contribution is -0.0223. The second kappa shape index (κ2) is 5.83. The minimum absolute atomic E-state index is 0.0408. The van der Waals surface area contributed by atoms with Crippen LogP contribution in [-0.4, -0.2) is 49.0 Å². The van der Waals surface area contributed by atoms with Gasteiger partial charge in [0.2, 0.25) is 0 Å². The van der Waals surface area contributed by atoms with Crippen molar-refractivity contribution in [3.8, 4) is 0 Å². The van der Waals surface area contributed by atoms with E-state index in [1.165, 1.54) is 5.54 Å². The fraction of sp³-hybridized carbons (Fsp3) is 0.750. The maximum absolute atomic E-state index is 9.03. The van der Waals surface area contributed by atoms with Gasteiger partial charge in [0.1, 0.15) is 0 Å². The summed E-state index contributed by atoms with van der Waals surface area (Å²) in [6.45, 7) is 2.70. The zero-order valence-electron chi connectivity index (χ0n) is 7.25. The molecule has 5 heteroatoms. The van der Waals surface area contributed by atoms with Crippen molar-refractivity contribution in [3.05, 3.63) is 10.6 Å². The number of hydrogen-bond acceptors (Lipinski definition) is 3. The number of morpholine rings is 1. The van der Waals surface area contributed by atoms with Crippen LogP contribution in [0.1, 0.15) is 0 Å². The van der Waals surface area contributed by atoms with Gasteiger partial charge in [-0.05, 0) is 0 Å². The smallest absolute Gasteiger partial charge is 0.0645 e. The minimum Gasteiger partial charge on any atom is -0.395 e. The zero-order chi connectivity index (χ0) is 9.68. The minimum atomic E-state index is 0.0408. The lowest BCUT2D eigenvalue weighted by atomic mass is 10.2. The molecule has 1 N–H and O–H groups in total. The van der Waals surface area contributed by atoms with Gasteiger partial charge >= 0.3 is 0 Å². The van der Waals surface area contributed by atoms with Gasteiger partial charge in [-0.3, -0.25) is 4.90 Å². The molecule has 0 saturated carbocycles. The Hall–Kier alpha value is 0.200. The van der Waals surface area contributed by atoms with E-state index in [4.69, 9.17) is 33.0 Å².